The van der Waals surface area contributed by atoms with Crippen molar-refractivity contribution in [2.75, 3.05) is 0 Å². The summed E-state index contributed by atoms with van der Waals surface area (Å²) in [6, 6.07) is -0.507. The van der Waals surface area contributed by atoms with Gasteiger partial charge in [-0.05, 0) is 6.42 Å². The van der Waals surface area contributed by atoms with E-state index in [9.17, 15) is 4.79 Å². The lowest BCUT2D eigenvalue weighted by atomic mass is 10.2. The van der Waals surface area contributed by atoms with Gasteiger partial charge < -0.3 is 9.92 Å². The van der Waals surface area contributed by atoms with Crippen molar-refractivity contribution in [2.24, 2.45) is 5.73 Å². The van der Waals surface area contributed by atoms with Gasteiger partial charge in [0.05, 0.1) is 0 Å². The van der Waals surface area contributed by atoms with Crippen LogP contribution in [0.5, 0.6) is 0 Å². The van der Waals surface area contributed by atoms with Crippen molar-refractivity contribution in [1.29, 1.82) is 0 Å². The van der Waals surface area contributed by atoms with Gasteiger partial charge in [-0.1, -0.05) is 13.3 Å². The molecule has 0 fully saturated rings. The van der Waals surface area contributed by atoms with Gasteiger partial charge >= 0.3 is 5.97 Å². The zero-order valence-electron chi connectivity index (χ0n) is 5.33. The number of thiol groups is 1. The molecule has 0 rings (SSSR count). The summed E-state index contributed by atoms with van der Waals surface area (Å²) in [6.07, 6.45) is 1.53. The first-order chi connectivity index (χ1) is 4.22. The lowest BCUT2D eigenvalue weighted by molar-refractivity contribution is -0.134. The van der Waals surface area contributed by atoms with Crippen molar-refractivity contribution in [3.05, 3.63) is 0 Å². The molecule has 0 radical (unpaired) electrons. The molecule has 0 aliphatic heterocycles. The van der Waals surface area contributed by atoms with E-state index in [0.29, 0.717) is 6.42 Å². The highest BCUT2D eigenvalue weighted by Gasteiger charge is 2.11. The lowest BCUT2D eigenvalue weighted by Gasteiger charge is -2.04. The maximum Gasteiger partial charge on any atom is 0.334 e. The molecule has 2 N–H and O–H groups in total. The first-order valence-corrected chi connectivity index (χ1v) is 3.19. The summed E-state index contributed by atoms with van der Waals surface area (Å²) in [7, 11) is 0. The van der Waals surface area contributed by atoms with Crippen molar-refractivity contribution in [3.8, 4) is 0 Å². The summed E-state index contributed by atoms with van der Waals surface area (Å²) >= 11 is 3.32. The Kier molecular flexibility index (Phi) is 4.53. The zero-order chi connectivity index (χ0) is 7.28. The summed E-state index contributed by atoms with van der Waals surface area (Å²) in [5.74, 6) is -0.458. The van der Waals surface area contributed by atoms with Gasteiger partial charge in [0.1, 0.15) is 6.04 Å². The average Bonchev–Trinajstić information content (AvgIpc) is 1.87. The summed E-state index contributed by atoms with van der Waals surface area (Å²) in [5.41, 5.74) is 5.31. The molecule has 0 aliphatic rings. The van der Waals surface area contributed by atoms with Crippen LogP contribution in [0.1, 0.15) is 19.8 Å². The van der Waals surface area contributed by atoms with Crippen LogP contribution in [-0.4, -0.2) is 12.0 Å². The molecule has 9 heavy (non-hydrogen) atoms. The molecule has 4 heteroatoms. The Bertz CT molecular complexity index is 97.0. The van der Waals surface area contributed by atoms with Crippen LogP contribution >= 0.6 is 12.9 Å². The zero-order valence-corrected chi connectivity index (χ0v) is 6.23. The standard InChI is InChI=1S/C5H11NO2S/c1-2-3-4(6)5(7)8-9/h4,9H,2-3,6H2,1H3. The molecule has 0 amide bonds. The average molecular weight is 149 g/mol. The summed E-state index contributed by atoms with van der Waals surface area (Å²) in [4.78, 5) is 10.5. The van der Waals surface area contributed by atoms with Crippen molar-refractivity contribution in [2.45, 2.75) is 25.8 Å². The third-order valence-electron chi connectivity index (χ3n) is 0.992. The highest BCUT2D eigenvalue weighted by Crippen LogP contribution is 1.96. The Morgan fingerprint density at radius 1 is 1.89 bits per heavy atom. The molecule has 54 valence electrons. The van der Waals surface area contributed by atoms with Crippen LogP contribution < -0.4 is 5.73 Å². The minimum atomic E-state index is -0.507. The second-order valence-electron chi connectivity index (χ2n) is 1.81. The third kappa shape index (κ3) is 3.37. The van der Waals surface area contributed by atoms with E-state index in [4.69, 9.17) is 5.73 Å². The van der Waals surface area contributed by atoms with E-state index < -0.39 is 12.0 Å². The van der Waals surface area contributed by atoms with E-state index in [0.717, 1.165) is 6.42 Å². The first-order valence-electron chi connectivity index (χ1n) is 2.83. The maximum absolute atomic E-state index is 10.5. The van der Waals surface area contributed by atoms with E-state index in [1.165, 1.54) is 0 Å². The summed E-state index contributed by atoms with van der Waals surface area (Å²) in [5, 5.41) is 0. The largest absolute Gasteiger partial charge is 0.393 e. The summed E-state index contributed by atoms with van der Waals surface area (Å²) < 4.78 is 4.10. The van der Waals surface area contributed by atoms with E-state index in [2.05, 4.69) is 17.1 Å². The molecule has 0 bridgehead atoms. The molecular formula is C5H11NO2S. The smallest absolute Gasteiger partial charge is 0.334 e. The van der Waals surface area contributed by atoms with Gasteiger partial charge in [0.25, 0.3) is 0 Å². The molecule has 0 aromatic rings. The fourth-order valence-electron chi connectivity index (χ4n) is 0.497. The number of nitrogens with two attached hydrogens (primary N) is 1. The molecule has 0 aliphatic carbocycles. The van der Waals surface area contributed by atoms with Crippen LogP contribution in [0.2, 0.25) is 0 Å². The highest BCUT2D eigenvalue weighted by molar-refractivity contribution is 7.75. The van der Waals surface area contributed by atoms with Gasteiger partial charge in [0, 0.05) is 12.9 Å². The van der Waals surface area contributed by atoms with E-state index in [1.807, 2.05) is 6.92 Å². The number of carbonyl (C=O) groups excluding carboxylic acids is 1. The fourth-order valence-corrected chi connectivity index (χ4v) is 0.632. The molecule has 0 saturated heterocycles. The SMILES string of the molecule is CCCC(N)C(=O)OS. The van der Waals surface area contributed by atoms with E-state index >= 15 is 0 Å². The minimum Gasteiger partial charge on any atom is -0.393 e. The molecule has 0 spiro atoms. The maximum atomic E-state index is 10.5. The molecule has 1 unspecified atom stereocenters. The summed E-state index contributed by atoms with van der Waals surface area (Å²) in [6.45, 7) is 1.95. The molecular weight excluding hydrogens is 138 g/mol. The Morgan fingerprint density at radius 2 is 2.44 bits per heavy atom. The van der Waals surface area contributed by atoms with Crippen molar-refractivity contribution >= 4 is 18.9 Å². The number of hydrogen-bond donors (Lipinski definition) is 2. The normalized spacial score (nSPS) is 12.8. The monoisotopic (exact) mass is 149 g/mol. The predicted octanol–water partition coefficient (Wildman–Crippen LogP) is 0.502. The highest BCUT2D eigenvalue weighted by atomic mass is 32.1. The molecule has 1 atom stereocenters. The molecule has 0 aromatic heterocycles. The van der Waals surface area contributed by atoms with Gasteiger partial charge in [-0.3, -0.25) is 0 Å². The fraction of sp³-hybridized carbons (Fsp3) is 0.800. The van der Waals surface area contributed by atoms with E-state index in [-0.39, 0.29) is 0 Å². The van der Waals surface area contributed by atoms with Crippen LogP contribution in [0.25, 0.3) is 0 Å². The molecule has 0 saturated carbocycles. The van der Waals surface area contributed by atoms with Crippen molar-refractivity contribution in [1.82, 2.24) is 0 Å². The number of hydrogen-bond acceptors (Lipinski definition) is 4. The van der Waals surface area contributed by atoms with E-state index in [1.54, 1.807) is 0 Å². The minimum absolute atomic E-state index is 0.458. The third-order valence-corrected chi connectivity index (χ3v) is 1.17. The first kappa shape index (κ1) is 8.78. The van der Waals surface area contributed by atoms with Crippen LogP contribution in [0.4, 0.5) is 0 Å². The number of rotatable bonds is 3. The van der Waals surface area contributed by atoms with Gasteiger partial charge in [-0.15, -0.1) is 0 Å². The van der Waals surface area contributed by atoms with Crippen LogP contribution in [-0.2, 0) is 8.98 Å². The quantitative estimate of drug-likeness (QED) is 0.454. The van der Waals surface area contributed by atoms with Crippen molar-refractivity contribution < 1.29 is 8.98 Å². The Balaban J connectivity index is 3.45. The second-order valence-corrected chi connectivity index (χ2v) is 1.99. The molecule has 3 nitrogen and oxygen atoms in total. The lowest BCUT2D eigenvalue weighted by Crippen LogP contribution is -2.30. The second kappa shape index (κ2) is 4.64. The molecule has 0 heterocycles. The van der Waals surface area contributed by atoms with Crippen molar-refractivity contribution in [3.63, 3.8) is 0 Å². The van der Waals surface area contributed by atoms with Crippen LogP contribution in [0, 0.1) is 0 Å². The van der Waals surface area contributed by atoms with Gasteiger partial charge in [0.2, 0.25) is 0 Å². The molecule has 0 aromatic carbocycles. The topological polar surface area (TPSA) is 52.3 Å². The van der Waals surface area contributed by atoms with Crippen LogP contribution in [0.3, 0.4) is 0 Å². The van der Waals surface area contributed by atoms with Crippen LogP contribution in [0.15, 0.2) is 0 Å². The Morgan fingerprint density at radius 3 is 2.78 bits per heavy atom. The Hall–Kier alpha value is -0.220. The van der Waals surface area contributed by atoms with Gasteiger partial charge in [-0.25, -0.2) is 4.79 Å². The number of carbonyl (C=O) groups is 1. The Labute approximate surface area is 60.2 Å². The van der Waals surface area contributed by atoms with Gasteiger partial charge in [0.15, 0.2) is 0 Å². The predicted molar refractivity (Wildman–Crippen MR) is 38.0 cm³/mol. The van der Waals surface area contributed by atoms with Gasteiger partial charge in [-0.2, -0.15) is 0 Å².